The van der Waals surface area contributed by atoms with Crippen molar-refractivity contribution in [2.45, 2.75) is 26.6 Å². The third kappa shape index (κ3) is 6.10. The summed E-state index contributed by atoms with van der Waals surface area (Å²) in [6.45, 7) is 2.27. The summed E-state index contributed by atoms with van der Waals surface area (Å²) >= 11 is 0. The van der Waals surface area contributed by atoms with Crippen LogP contribution in [0.2, 0.25) is 0 Å². The van der Waals surface area contributed by atoms with E-state index in [2.05, 4.69) is 66.3 Å². The fraction of sp³-hybridized carbons (Fsp3) is 0.100. The average molecular weight is 766 g/mol. The first-order valence-corrected chi connectivity index (χ1v) is 14.5. The maximum absolute atomic E-state index is 7.23. The van der Waals surface area contributed by atoms with Crippen molar-refractivity contribution < 1.29 is 33.1 Å². The third-order valence-electron chi connectivity index (χ3n) is 7.60. The Kier molecular flexibility index (Phi) is 7.69. The van der Waals surface area contributed by atoms with Gasteiger partial charge in [0.2, 0.25) is 0 Å². The number of hydrogen-bond acceptors (Lipinski definition) is 4. The van der Waals surface area contributed by atoms with Gasteiger partial charge in [-0.1, -0.05) is 91.0 Å². The summed E-state index contributed by atoms with van der Waals surface area (Å²) in [4.78, 5) is 8.73. The van der Waals surface area contributed by atoms with E-state index in [1.165, 1.54) is 11.8 Å². The molecule has 45 heavy (non-hydrogen) atoms. The van der Waals surface area contributed by atoms with Gasteiger partial charge < -0.3 is 18.8 Å². The molecule has 0 N–H and O–H groups in total. The minimum atomic E-state index is -2.09. The largest absolute Gasteiger partial charge is 0.497 e. The second-order valence-corrected chi connectivity index (χ2v) is 10.9. The van der Waals surface area contributed by atoms with Gasteiger partial charge >= 0.3 is 0 Å². The number of aryl methyl sites for hydroxylation is 1. The molecule has 4 aromatic carbocycles. The average Bonchev–Trinajstić information content (AvgIpc) is 3.71. The van der Waals surface area contributed by atoms with Crippen molar-refractivity contribution in [1.29, 1.82) is 0 Å². The number of furan rings is 2. The van der Waals surface area contributed by atoms with Gasteiger partial charge in [-0.15, -0.1) is 54.1 Å². The Bertz CT molecular complexity index is 2310. The summed E-state index contributed by atoms with van der Waals surface area (Å²) in [5.74, 6) is 1.26. The Morgan fingerprint density at radius 1 is 0.711 bits per heavy atom. The second kappa shape index (κ2) is 13.0. The molecule has 0 aliphatic carbocycles. The zero-order valence-corrected chi connectivity index (χ0v) is 27.1. The third-order valence-corrected chi connectivity index (χ3v) is 7.60. The molecule has 5 heteroatoms. The number of hydrogen-bond donors (Lipinski definition) is 0. The molecule has 223 valence electrons. The van der Waals surface area contributed by atoms with Crippen LogP contribution in [0.25, 0.3) is 66.7 Å². The van der Waals surface area contributed by atoms with E-state index in [0.29, 0.717) is 5.92 Å². The predicted molar refractivity (Wildman–Crippen MR) is 178 cm³/mol. The van der Waals surface area contributed by atoms with Gasteiger partial charge in [0.1, 0.15) is 5.76 Å². The van der Waals surface area contributed by atoms with Crippen LogP contribution in [-0.2, 0) is 20.1 Å². The molecule has 0 amide bonds. The van der Waals surface area contributed by atoms with Crippen molar-refractivity contribution >= 4 is 32.9 Å². The Morgan fingerprint density at radius 3 is 2.31 bits per heavy atom. The van der Waals surface area contributed by atoms with E-state index in [1.54, 1.807) is 18.2 Å². The molecule has 8 aromatic rings. The normalized spacial score (nSPS) is 12.3. The van der Waals surface area contributed by atoms with Crippen molar-refractivity contribution in [2.75, 3.05) is 0 Å². The van der Waals surface area contributed by atoms with Gasteiger partial charge in [-0.2, -0.15) is 0 Å². The molecule has 0 atom stereocenters. The molecule has 8 rings (SSSR count). The zero-order valence-electron chi connectivity index (χ0n) is 27.7. The molecular weight excluding hydrogens is 733 g/mol. The van der Waals surface area contributed by atoms with E-state index >= 15 is 0 Å². The number of fused-ring (bicyclic) bond motifs is 5. The molecule has 0 aliphatic rings. The van der Waals surface area contributed by atoms with Crippen LogP contribution in [0.1, 0.15) is 35.0 Å². The molecule has 0 fully saturated rings. The van der Waals surface area contributed by atoms with E-state index in [0.717, 1.165) is 66.7 Å². The first-order valence-electron chi connectivity index (χ1n) is 16.0. The Morgan fingerprint density at radius 2 is 1.56 bits per heavy atom. The maximum atomic E-state index is 7.23. The van der Waals surface area contributed by atoms with E-state index in [9.17, 15) is 0 Å². The van der Waals surface area contributed by atoms with Gasteiger partial charge in [0, 0.05) is 52.9 Å². The van der Waals surface area contributed by atoms with E-state index < -0.39 is 6.85 Å². The molecule has 0 bridgehead atoms. The summed E-state index contributed by atoms with van der Waals surface area (Å²) in [5.41, 5.74) is 8.20. The standard InChI is InChI=1S/C28H20NO2.C12H10N.Ir/c1-17(2)19-13-14-29-24(15-19)23-10-6-9-21-22-12-11-20-16-25(18-7-4-3-5-8-18)30-26(20)28(22)31-27(21)23;1-10-7-8-12(13-9-10)11-5-3-2-4-6-11;/h3-9,11-17H,1-2H3;2-5,7-9H,1H3;/q2*-1;/i;1D3;. The molecule has 0 aliphatic heterocycles. The smallest absolute Gasteiger partial charge is 0.176 e. The van der Waals surface area contributed by atoms with E-state index in [-0.39, 0.29) is 25.7 Å². The van der Waals surface area contributed by atoms with E-state index in [1.807, 2.05) is 66.9 Å². The minimum Gasteiger partial charge on any atom is -0.497 e. The monoisotopic (exact) mass is 766 g/mol. The van der Waals surface area contributed by atoms with Crippen molar-refractivity contribution in [1.82, 2.24) is 9.97 Å². The van der Waals surface area contributed by atoms with Crippen LogP contribution in [0.4, 0.5) is 0 Å². The van der Waals surface area contributed by atoms with Crippen molar-refractivity contribution in [3.63, 3.8) is 0 Å². The molecule has 4 nitrogen and oxygen atoms in total. The minimum absolute atomic E-state index is 0. The Hall–Kier alpha value is -4.83. The van der Waals surface area contributed by atoms with Crippen LogP contribution in [0.5, 0.6) is 0 Å². The molecular formula is C40H30IrN2O2-2. The zero-order chi connectivity index (χ0) is 32.5. The van der Waals surface area contributed by atoms with Gasteiger partial charge in [-0.25, -0.2) is 0 Å². The van der Waals surface area contributed by atoms with Crippen molar-refractivity contribution in [2.24, 2.45) is 0 Å². The fourth-order valence-corrected chi connectivity index (χ4v) is 5.28. The van der Waals surface area contributed by atoms with Gasteiger partial charge in [0.25, 0.3) is 0 Å². The summed E-state index contributed by atoms with van der Waals surface area (Å²) < 4.78 is 34.4. The van der Waals surface area contributed by atoms with Gasteiger partial charge in [-0.3, -0.25) is 0 Å². The summed E-state index contributed by atoms with van der Waals surface area (Å²) in [7, 11) is 0. The van der Waals surface area contributed by atoms with Crippen LogP contribution in [0, 0.1) is 19.0 Å². The molecule has 4 aromatic heterocycles. The molecule has 0 unspecified atom stereocenters. The summed E-state index contributed by atoms with van der Waals surface area (Å²) in [6, 6.07) is 41.7. The number of aromatic nitrogens is 2. The molecule has 0 spiro atoms. The van der Waals surface area contributed by atoms with Crippen molar-refractivity contribution in [3.8, 4) is 33.8 Å². The van der Waals surface area contributed by atoms with Crippen LogP contribution >= 0.6 is 0 Å². The topological polar surface area (TPSA) is 52.1 Å². The van der Waals surface area contributed by atoms with Crippen LogP contribution < -0.4 is 0 Å². The number of benzene rings is 4. The first-order chi connectivity index (χ1) is 22.8. The van der Waals surface area contributed by atoms with Crippen LogP contribution in [-0.4, -0.2) is 9.97 Å². The number of rotatable bonds is 4. The molecule has 4 heterocycles. The van der Waals surface area contributed by atoms with Gasteiger partial charge in [0.15, 0.2) is 11.2 Å². The fourth-order valence-electron chi connectivity index (χ4n) is 5.28. The molecule has 1 radical (unpaired) electrons. The quantitative estimate of drug-likeness (QED) is 0.167. The Balaban J connectivity index is 0.000000201. The van der Waals surface area contributed by atoms with Gasteiger partial charge in [0.05, 0.1) is 5.58 Å². The predicted octanol–water partition coefficient (Wildman–Crippen LogP) is 10.8. The second-order valence-electron chi connectivity index (χ2n) is 10.9. The molecule has 0 saturated carbocycles. The molecule has 0 saturated heterocycles. The summed E-state index contributed by atoms with van der Waals surface area (Å²) in [6.07, 6.45) is 3.25. The number of pyridine rings is 2. The first kappa shape index (κ1) is 26.6. The van der Waals surface area contributed by atoms with E-state index in [4.69, 9.17) is 12.9 Å². The van der Waals surface area contributed by atoms with Crippen LogP contribution in [0.15, 0.2) is 130 Å². The number of nitrogens with zero attached hydrogens (tertiary/aromatic N) is 2. The SMILES string of the molecule is CC(C)c1ccnc(-c2[c-]ccc3c2oc2c3ccc3cc(-c4ccccc4)oc32)c1.[2H]C([2H])([2H])c1ccc(-c2[c-]cccc2)nc1.[Ir]. The maximum Gasteiger partial charge on any atom is 0.176 e. The van der Waals surface area contributed by atoms with Crippen molar-refractivity contribution in [3.05, 3.63) is 145 Å². The van der Waals surface area contributed by atoms with Crippen LogP contribution in [0.3, 0.4) is 0 Å². The van der Waals surface area contributed by atoms with Gasteiger partial charge in [-0.05, 0) is 41.9 Å². The summed E-state index contributed by atoms with van der Waals surface area (Å²) in [5, 5.41) is 3.10. The Labute approximate surface area is 280 Å².